The largest absolute Gasteiger partial charge is 0.454 e. The highest BCUT2D eigenvalue weighted by Crippen LogP contribution is 2.33. The maximum Gasteiger partial charge on any atom is 0.325 e. The predicted molar refractivity (Wildman–Crippen MR) is 118 cm³/mol. The summed E-state index contributed by atoms with van der Waals surface area (Å²) < 4.78 is 35.5. The summed E-state index contributed by atoms with van der Waals surface area (Å²) in [6, 6.07) is 5.77. The number of hydrogen-bond donors (Lipinski definition) is 1. The lowest BCUT2D eigenvalue weighted by Gasteiger charge is -2.13. The van der Waals surface area contributed by atoms with Crippen molar-refractivity contribution in [3.8, 4) is 11.5 Å². The van der Waals surface area contributed by atoms with Gasteiger partial charge in [-0.15, -0.1) is 0 Å². The fourth-order valence-electron chi connectivity index (χ4n) is 4.03. The van der Waals surface area contributed by atoms with Crippen LogP contribution in [0.25, 0.3) is 0 Å². The highest BCUT2D eigenvalue weighted by molar-refractivity contribution is 7.90. The van der Waals surface area contributed by atoms with Crippen LogP contribution in [0.5, 0.6) is 11.5 Å². The molecule has 2 aromatic rings. The lowest BCUT2D eigenvalue weighted by atomic mass is 10.1. The van der Waals surface area contributed by atoms with Crippen LogP contribution in [0.2, 0.25) is 0 Å². The van der Waals surface area contributed by atoms with Crippen LogP contribution in [-0.2, 0) is 21.2 Å². The smallest absolute Gasteiger partial charge is 0.325 e. The molecular weight excluding hydrogens is 450 g/mol. The number of carbonyl (C=O) groups is 3. The van der Waals surface area contributed by atoms with Crippen molar-refractivity contribution in [2.24, 2.45) is 0 Å². The highest BCUT2D eigenvalue weighted by atomic mass is 32.2. The molecule has 2 aliphatic heterocycles. The van der Waals surface area contributed by atoms with E-state index >= 15 is 0 Å². The minimum absolute atomic E-state index is 0.0296. The molecule has 2 aliphatic rings. The standard InChI is InChI=1S/C22H25N3O7S/c1-13-8-16(14(2)24(13)10-15-4-5-19-20(9-15)32-12-31-19)18(26)11-25-21(27)17(23-22(25)28)6-7-33(3,29)30/h4-5,8-9,17H,6-7,10-12H2,1-3H3,(H,23,28). The molecule has 1 aromatic heterocycles. The molecule has 1 saturated heterocycles. The number of ether oxygens (including phenoxy) is 2. The number of Topliss-reactive ketones (excluding diaryl/α,β-unsaturated/α-hetero) is 1. The first kappa shape index (κ1) is 22.8. The number of aromatic nitrogens is 1. The second kappa shape index (κ2) is 8.54. The second-order valence-corrected chi connectivity index (χ2v) is 10.6. The summed E-state index contributed by atoms with van der Waals surface area (Å²) >= 11 is 0. The normalized spacial score (nSPS) is 17.5. The Bertz CT molecular complexity index is 1250. The molecule has 0 radical (unpaired) electrons. The Morgan fingerprint density at radius 2 is 1.88 bits per heavy atom. The van der Waals surface area contributed by atoms with Gasteiger partial charge in [0.05, 0.1) is 12.3 Å². The Morgan fingerprint density at radius 3 is 2.61 bits per heavy atom. The lowest BCUT2D eigenvalue weighted by Crippen LogP contribution is -2.36. The summed E-state index contributed by atoms with van der Waals surface area (Å²) in [6.07, 6.45) is 1.03. The molecule has 1 atom stereocenters. The number of amides is 3. The van der Waals surface area contributed by atoms with E-state index in [9.17, 15) is 22.8 Å². The van der Waals surface area contributed by atoms with Crippen molar-refractivity contribution in [1.82, 2.24) is 14.8 Å². The molecule has 33 heavy (non-hydrogen) atoms. The van der Waals surface area contributed by atoms with E-state index in [1.165, 1.54) is 0 Å². The van der Waals surface area contributed by atoms with E-state index in [1.54, 1.807) is 6.07 Å². The van der Waals surface area contributed by atoms with Crippen molar-refractivity contribution >= 4 is 27.6 Å². The number of hydrogen-bond acceptors (Lipinski definition) is 7. The third kappa shape index (κ3) is 4.72. The quantitative estimate of drug-likeness (QED) is 0.452. The van der Waals surface area contributed by atoms with Crippen LogP contribution in [0.15, 0.2) is 24.3 Å². The van der Waals surface area contributed by atoms with Gasteiger partial charge in [0.15, 0.2) is 17.3 Å². The van der Waals surface area contributed by atoms with E-state index in [-0.39, 0.29) is 24.7 Å². The average molecular weight is 476 g/mol. The number of benzene rings is 1. The summed E-state index contributed by atoms with van der Waals surface area (Å²) in [5.74, 6) is 0.180. The Kier molecular flexibility index (Phi) is 5.91. The van der Waals surface area contributed by atoms with Crippen LogP contribution >= 0.6 is 0 Å². The minimum atomic E-state index is -3.28. The van der Waals surface area contributed by atoms with Gasteiger partial charge in [-0.3, -0.25) is 14.5 Å². The molecule has 10 nitrogen and oxygen atoms in total. The van der Waals surface area contributed by atoms with Gasteiger partial charge in [-0.1, -0.05) is 6.07 Å². The van der Waals surface area contributed by atoms with Crippen molar-refractivity contribution in [2.75, 3.05) is 25.3 Å². The Labute approximate surface area is 191 Å². The van der Waals surface area contributed by atoms with Crippen LogP contribution in [0, 0.1) is 13.8 Å². The molecule has 0 saturated carbocycles. The number of nitrogens with zero attached hydrogens (tertiary/aromatic N) is 2. The summed E-state index contributed by atoms with van der Waals surface area (Å²) in [5.41, 5.74) is 2.98. The van der Waals surface area contributed by atoms with Gasteiger partial charge >= 0.3 is 6.03 Å². The Morgan fingerprint density at radius 1 is 1.15 bits per heavy atom. The maximum atomic E-state index is 13.0. The van der Waals surface area contributed by atoms with Gasteiger partial charge in [-0.05, 0) is 44.0 Å². The van der Waals surface area contributed by atoms with E-state index in [0.29, 0.717) is 23.6 Å². The third-order valence-corrected chi connectivity index (χ3v) is 6.82. The van der Waals surface area contributed by atoms with E-state index < -0.39 is 34.4 Å². The number of urea groups is 1. The van der Waals surface area contributed by atoms with E-state index in [2.05, 4.69) is 5.32 Å². The van der Waals surface area contributed by atoms with Gasteiger partial charge in [0.1, 0.15) is 15.9 Å². The van der Waals surface area contributed by atoms with Crippen LogP contribution in [0.1, 0.15) is 33.7 Å². The molecular formula is C22H25N3O7S. The molecule has 176 valence electrons. The number of fused-ring (bicyclic) bond motifs is 1. The molecule has 0 bridgehead atoms. The highest BCUT2D eigenvalue weighted by Gasteiger charge is 2.39. The van der Waals surface area contributed by atoms with Crippen LogP contribution < -0.4 is 14.8 Å². The van der Waals surface area contributed by atoms with Crippen LogP contribution in [0.4, 0.5) is 4.79 Å². The molecule has 1 fully saturated rings. The predicted octanol–water partition coefficient (Wildman–Crippen LogP) is 1.42. The molecule has 4 rings (SSSR count). The molecule has 11 heteroatoms. The fourth-order valence-corrected chi connectivity index (χ4v) is 4.70. The summed E-state index contributed by atoms with van der Waals surface area (Å²) in [7, 11) is -3.28. The number of imide groups is 1. The van der Waals surface area contributed by atoms with Crippen molar-refractivity contribution in [3.63, 3.8) is 0 Å². The number of sulfone groups is 1. The lowest BCUT2D eigenvalue weighted by molar-refractivity contribution is -0.127. The first-order chi connectivity index (χ1) is 15.5. The van der Waals surface area contributed by atoms with Gasteiger partial charge in [0, 0.05) is 29.8 Å². The Hall–Kier alpha value is -3.34. The molecule has 1 unspecified atom stereocenters. The van der Waals surface area contributed by atoms with Crippen molar-refractivity contribution < 1.29 is 32.3 Å². The zero-order valence-corrected chi connectivity index (χ0v) is 19.4. The van der Waals surface area contributed by atoms with Gasteiger partial charge in [-0.2, -0.15) is 0 Å². The third-order valence-electron chi connectivity index (χ3n) is 5.84. The van der Waals surface area contributed by atoms with Crippen LogP contribution in [-0.4, -0.2) is 67.0 Å². The molecule has 1 N–H and O–H groups in total. The zero-order valence-electron chi connectivity index (χ0n) is 18.6. The van der Waals surface area contributed by atoms with Crippen molar-refractivity contribution in [2.45, 2.75) is 32.9 Å². The number of rotatable bonds is 8. The van der Waals surface area contributed by atoms with Gasteiger partial charge in [-0.25, -0.2) is 13.2 Å². The molecule has 0 spiro atoms. The first-order valence-corrected chi connectivity index (χ1v) is 12.5. The van der Waals surface area contributed by atoms with Crippen LogP contribution in [0.3, 0.4) is 0 Å². The SMILES string of the molecule is Cc1cc(C(=O)CN2C(=O)NC(CCS(C)(=O)=O)C2=O)c(C)n1Cc1ccc2c(c1)OCO2. The molecule has 0 aliphatic carbocycles. The minimum Gasteiger partial charge on any atom is -0.454 e. The Balaban J connectivity index is 1.47. The van der Waals surface area contributed by atoms with Crippen molar-refractivity contribution in [1.29, 1.82) is 0 Å². The fraction of sp³-hybridized carbons (Fsp3) is 0.409. The summed E-state index contributed by atoms with van der Waals surface area (Å²) in [6.45, 7) is 3.99. The zero-order chi connectivity index (χ0) is 23.9. The van der Waals surface area contributed by atoms with E-state index in [0.717, 1.165) is 28.1 Å². The number of ketones is 1. The summed E-state index contributed by atoms with van der Waals surface area (Å²) in [4.78, 5) is 38.6. The van der Waals surface area contributed by atoms with Gasteiger partial charge < -0.3 is 19.4 Å². The molecule has 3 heterocycles. The monoisotopic (exact) mass is 475 g/mol. The maximum absolute atomic E-state index is 13.0. The summed E-state index contributed by atoms with van der Waals surface area (Å²) in [5, 5.41) is 2.46. The number of nitrogens with one attached hydrogen (secondary N) is 1. The second-order valence-electron chi connectivity index (χ2n) is 8.33. The number of aryl methyl sites for hydroxylation is 1. The van der Waals surface area contributed by atoms with Crippen molar-refractivity contribution in [3.05, 3.63) is 46.8 Å². The topological polar surface area (TPSA) is 124 Å². The van der Waals surface area contributed by atoms with Gasteiger partial charge in [0.25, 0.3) is 5.91 Å². The van der Waals surface area contributed by atoms with E-state index in [1.807, 2.05) is 36.6 Å². The molecule has 1 aromatic carbocycles. The molecule has 3 amide bonds. The van der Waals surface area contributed by atoms with Gasteiger partial charge in [0.2, 0.25) is 6.79 Å². The first-order valence-electron chi connectivity index (χ1n) is 10.4. The van der Waals surface area contributed by atoms with E-state index in [4.69, 9.17) is 9.47 Å². The number of carbonyl (C=O) groups excluding carboxylic acids is 3. The average Bonchev–Trinajstić information content (AvgIpc) is 3.40.